The number of H-pyrrole nitrogens is 1. The average Bonchev–Trinajstić information content (AvgIpc) is 2.93. The van der Waals surface area contributed by atoms with Crippen molar-refractivity contribution < 1.29 is 4.79 Å². The van der Waals surface area contributed by atoms with Gasteiger partial charge in [0.1, 0.15) is 0 Å². The third kappa shape index (κ3) is 2.84. The molecule has 4 nitrogen and oxygen atoms in total. The first-order chi connectivity index (χ1) is 10.2. The van der Waals surface area contributed by atoms with Crippen LogP contribution in [0.3, 0.4) is 0 Å². The van der Waals surface area contributed by atoms with Crippen molar-refractivity contribution in [1.82, 2.24) is 9.97 Å². The van der Waals surface area contributed by atoms with E-state index in [1.165, 1.54) is 0 Å². The van der Waals surface area contributed by atoms with Crippen molar-refractivity contribution in [2.45, 2.75) is 6.42 Å². The molecule has 0 atom stereocenters. The molecule has 3 N–H and O–H groups in total. The van der Waals surface area contributed by atoms with Gasteiger partial charge in [-0.15, -0.1) is 0 Å². The Morgan fingerprint density at radius 1 is 1.10 bits per heavy atom. The molecule has 2 aromatic heterocycles. The highest BCUT2D eigenvalue weighted by atomic mass is 16.1. The number of nitrogens with zero attached hydrogens (tertiary/aromatic N) is 1. The van der Waals surface area contributed by atoms with Crippen LogP contribution in [0.2, 0.25) is 0 Å². The highest BCUT2D eigenvalue weighted by molar-refractivity contribution is 5.95. The zero-order valence-electron chi connectivity index (χ0n) is 11.4. The van der Waals surface area contributed by atoms with E-state index < -0.39 is 5.91 Å². The van der Waals surface area contributed by atoms with Crippen molar-refractivity contribution in [2.75, 3.05) is 0 Å². The molecule has 0 bridgehead atoms. The van der Waals surface area contributed by atoms with E-state index in [1.807, 2.05) is 42.5 Å². The molecule has 4 heteroatoms. The van der Waals surface area contributed by atoms with E-state index in [4.69, 9.17) is 5.73 Å². The van der Waals surface area contributed by atoms with Crippen LogP contribution in [0.25, 0.3) is 11.3 Å². The normalized spacial score (nSPS) is 10.5. The Balaban J connectivity index is 2.00. The summed E-state index contributed by atoms with van der Waals surface area (Å²) in [6.07, 6.45) is 4.08. The summed E-state index contributed by atoms with van der Waals surface area (Å²) in [5.41, 5.74) is 9.83. The predicted molar refractivity (Wildman–Crippen MR) is 81.8 cm³/mol. The third-order valence-electron chi connectivity index (χ3n) is 3.38. The second kappa shape index (κ2) is 5.63. The smallest absolute Gasteiger partial charge is 0.250 e. The number of hydrogen-bond acceptors (Lipinski definition) is 2. The quantitative estimate of drug-likeness (QED) is 0.769. The monoisotopic (exact) mass is 277 g/mol. The van der Waals surface area contributed by atoms with Crippen LogP contribution in [0.1, 0.15) is 21.6 Å². The second-order valence-electron chi connectivity index (χ2n) is 4.84. The summed E-state index contributed by atoms with van der Waals surface area (Å²) >= 11 is 0. The van der Waals surface area contributed by atoms with Gasteiger partial charge in [-0.05, 0) is 23.8 Å². The van der Waals surface area contributed by atoms with E-state index in [9.17, 15) is 4.79 Å². The summed E-state index contributed by atoms with van der Waals surface area (Å²) in [6, 6.07) is 15.6. The molecule has 0 unspecified atom stereocenters. The number of primary amides is 1. The van der Waals surface area contributed by atoms with Gasteiger partial charge in [0.2, 0.25) is 0 Å². The first kappa shape index (κ1) is 13.1. The van der Waals surface area contributed by atoms with Crippen LogP contribution in [0, 0.1) is 0 Å². The topological polar surface area (TPSA) is 71.8 Å². The Kier molecular flexibility index (Phi) is 3.51. The van der Waals surface area contributed by atoms with Crippen LogP contribution in [-0.4, -0.2) is 15.9 Å². The lowest BCUT2D eigenvalue weighted by Gasteiger charge is -2.01. The highest BCUT2D eigenvalue weighted by Gasteiger charge is 2.14. The lowest BCUT2D eigenvalue weighted by molar-refractivity contribution is 0.0999. The van der Waals surface area contributed by atoms with Crippen molar-refractivity contribution in [3.05, 3.63) is 77.7 Å². The molecule has 2 heterocycles. The first-order valence-electron chi connectivity index (χ1n) is 6.70. The van der Waals surface area contributed by atoms with Crippen molar-refractivity contribution in [1.29, 1.82) is 0 Å². The van der Waals surface area contributed by atoms with Gasteiger partial charge >= 0.3 is 0 Å². The number of nitrogens with one attached hydrogen (secondary N) is 1. The van der Waals surface area contributed by atoms with Gasteiger partial charge in [-0.2, -0.15) is 0 Å². The number of amides is 1. The molecule has 0 aliphatic heterocycles. The zero-order valence-corrected chi connectivity index (χ0v) is 11.4. The summed E-state index contributed by atoms with van der Waals surface area (Å²) in [5, 5.41) is 0. The molecular weight excluding hydrogens is 262 g/mol. The molecule has 3 aromatic rings. The number of hydrogen-bond donors (Lipinski definition) is 2. The largest absolute Gasteiger partial charge is 0.366 e. The van der Waals surface area contributed by atoms with Crippen LogP contribution >= 0.6 is 0 Å². The number of benzene rings is 1. The van der Waals surface area contributed by atoms with Crippen molar-refractivity contribution >= 4 is 5.91 Å². The summed E-state index contributed by atoms with van der Waals surface area (Å²) in [4.78, 5) is 18.9. The van der Waals surface area contributed by atoms with E-state index in [-0.39, 0.29) is 0 Å². The fourth-order valence-electron chi connectivity index (χ4n) is 2.34. The predicted octanol–water partition coefficient (Wildman–Crippen LogP) is 2.77. The maximum absolute atomic E-state index is 11.6. The van der Waals surface area contributed by atoms with Crippen molar-refractivity contribution in [2.24, 2.45) is 5.73 Å². The minimum Gasteiger partial charge on any atom is -0.366 e. The number of aromatic amines is 1. The maximum Gasteiger partial charge on any atom is 0.250 e. The molecule has 1 aromatic carbocycles. The number of nitrogens with two attached hydrogens (primary N) is 1. The summed E-state index contributed by atoms with van der Waals surface area (Å²) in [5.74, 6) is -0.419. The maximum atomic E-state index is 11.6. The van der Waals surface area contributed by atoms with Gasteiger partial charge in [-0.25, -0.2) is 0 Å². The van der Waals surface area contributed by atoms with Gasteiger partial charge < -0.3 is 10.7 Å². The minimum atomic E-state index is -0.419. The fourth-order valence-corrected chi connectivity index (χ4v) is 2.34. The molecule has 0 saturated heterocycles. The Hall–Kier alpha value is -2.88. The highest BCUT2D eigenvalue weighted by Crippen LogP contribution is 2.23. The van der Waals surface area contributed by atoms with E-state index >= 15 is 0 Å². The zero-order chi connectivity index (χ0) is 14.7. The third-order valence-corrected chi connectivity index (χ3v) is 3.38. The number of pyridine rings is 1. The van der Waals surface area contributed by atoms with Crippen molar-refractivity contribution in [3.63, 3.8) is 0 Å². The molecule has 0 spiro atoms. The van der Waals surface area contributed by atoms with Gasteiger partial charge in [-0.3, -0.25) is 9.78 Å². The summed E-state index contributed by atoms with van der Waals surface area (Å²) in [7, 11) is 0. The Morgan fingerprint density at radius 3 is 2.48 bits per heavy atom. The van der Waals surface area contributed by atoms with E-state index in [0.717, 1.165) is 22.5 Å². The molecule has 21 heavy (non-hydrogen) atoms. The van der Waals surface area contributed by atoms with Crippen LogP contribution in [-0.2, 0) is 6.42 Å². The Labute approximate surface area is 122 Å². The molecule has 1 amide bonds. The lowest BCUT2D eigenvalue weighted by Crippen LogP contribution is -2.12. The van der Waals surface area contributed by atoms with E-state index in [0.29, 0.717) is 12.0 Å². The summed E-state index contributed by atoms with van der Waals surface area (Å²) < 4.78 is 0. The number of aromatic nitrogens is 2. The average molecular weight is 277 g/mol. The molecule has 3 rings (SSSR count). The van der Waals surface area contributed by atoms with Gasteiger partial charge in [0.05, 0.1) is 5.56 Å². The summed E-state index contributed by atoms with van der Waals surface area (Å²) in [6.45, 7) is 0. The molecule has 104 valence electrons. The van der Waals surface area contributed by atoms with Gasteiger partial charge in [-0.1, -0.05) is 30.3 Å². The number of carbonyl (C=O) groups is 1. The van der Waals surface area contributed by atoms with Crippen LogP contribution in [0.15, 0.2) is 60.9 Å². The molecule has 0 radical (unpaired) electrons. The van der Waals surface area contributed by atoms with Crippen LogP contribution in [0.4, 0.5) is 0 Å². The second-order valence-corrected chi connectivity index (χ2v) is 4.84. The van der Waals surface area contributed by atoms with Crippen molar-refractivity contribution in [3.8, 4) is 11.3 Å². The van der Waals surface area contributed by atoms with Crippen LogP contribution in [0.5, 0.6) is 0 Å². The van der Waals surface area contributed by atoms with E-state index in [2.05, 4.69) is 9.97 Å². The number of rotatable bonds is 4. The molecular formula is C17H15N3O. The molecule has 0 aliphatic rings. The standard InChI is InChI=1S/C17H15N3O/c18-17(21)14-11-15(13-6-8-19-9-7-13)20-16(14)10-12-4-2-1-3-5-12/h1-9,11,20H,10H2,(H2,18,21). The number of carbonyl (C=O) groups excluding carboxylic acids is 1. The van der Waals surface area contributed by atoms with Gasteiger partial charge in [0, 0.05) is 35.8 Å². The fraction of sp³-hybridized carbons (Fsp3) is 0.0588. The van der Waals surface area contributed by atoms with Gasteiger partial charge in [0.25, 0.3) is 5.91 Å². The Bertz CT molecular complexity index is 748. The molecule has 0 fully saturated rings. The molecule has 0 aliphatic carbocycles. The first-order valence-corrected chi connectivity index (χ1v) is 6.70. The minimum absolute atomic E-state index is 0.419. The van der Waals surface area contributed by atoms with E-state index in [1.54, 1.807) is 18.5 Å². The lowest BCUT2D eigenvalue weighted by atomic mass is 10.1. The van der Waals surface area contributed by atoms with Gasteiger partial charge in [0.15, 0.2) is 0 Å². The Morgan fingerprint density at radius 2 is 1.81 bits per heavy atom. The SMILES string of the molecule is NC(=O)c1cc(-c2ccncc2)[nH]c1Cc1ccccc1. The van der Waals surface area contributed by atoms with Crippen LogP contribution < -0.4 is 5.73 Å². The molecule has 0 saturated carbocycles.